The fraction of sp³-hybridized carbons (Fsp3) is 0.364. The Labute approximate surface area is 179 Å². The van der Waals surface area contributed by atoms with E-state index in [4.69, 9.17) is 11.0 Å². The molecule has 6 nitrogen and oxygen atoms in total. The van der Waals surface area contributed by atoms with Crippen molar-refractivity contribution in [1.29, 1.82) is 5.26 Å². The Morgan fingerprint density at radius 1 is 1.23 bits per heavy atom. The van der Waals surface area contributed by atoms with Gasteiger partial charge >= 0.3 is 6.18 Å². The lowest BCUT2D eigenvalue weighted by molar-refractivity contribution is -0.137. The van der Waals surface area contributed by atoms with Crippen molar-refractivity contribution in [1.82, 2.24) is 10.3 Å². The van der Waals surface area contributed by atoms with Gasteiger partial charge in [-0.05, 0) is 37.1 Å². The molecule has 2 heterocycles. The maximum absolute atomic E-state index is 12.4. The molecule has 1 aromatic carbocycles. The van der Waals surface area contributed by atoms with Gasteiger partial charge in [-0.2, -0.15) is 18.4 Å². The lowest BCUT2D eigenvalue weighted by atomic mass is 9.85. The number of alkyl halides is 3. The second-order valence-electron chi connectivity index (χ2n) is 7.43. The number of aliphatic imine (C=N–C) groups is 1. The third kappa shape index (κ3) is 5.20. The summed E-state index contributed by atoms with van der Waals surface area (Å²) >= 11 is 0. The van der Waals surface area contributed by atoms with Gasteiger partial charge in [-0.3, -0.25) is 0 Å². The van der Waals surface area contributed by atoms with Gasteiger partial charge in [0.1, 0.15) is 5.82 Å². The molecule has 1 aromatic heterocycles. The van der Waals surface area contributed by atoms with Crippen LogP contribution in [-0.4, -0.2) is 18.4 Å². The van der Waals surface area contributed by atoms with Crippen LogP contribution in [0.25, 0.3) is 5.70 Å². The first-order valence-electron chi connectivity index (χ1n) is 10.1. The number of H-pyrrole nitrogens is 1. The van der Waals surface area contributed by atoms with Gasteiger partial charge in [0.15, 0.2) is 0 Å². The highest BCUT2D eigenvalue weighted by Crippen LogP contribution is 2.34. The van der Waals surface area contributed by atoms with Crippen molar-refractivity contribution < 1.29 is 13.2 Å². The van der Waals surface area contributed by atoms with Crippen molar-refractivity contribution >= 4 is 23.5 Å². The van der Waals surface area contributed by atoms with Crippen LogP contribution in [0.3, 0.4) is 0 Å². The van der Waals surface area contributed by atoms with Crippen LogP contribution in [0.5, 0.6) is 0 Å². The number of allylic oxidation sites excluding steroid dienone is 1. The third-order valence-corrected chi connectivity index (χ3v) is 5.46. The first-order valence-corrected chi connectivity index (χ1v) is 10.1. The SMILES string of the molecule is CNc1ccc(C#N)c(C(F)(F)F)c1.N/C(=C1\NC=Nc2[nH]ccc21)C1CCCCC1. The number of benzene rings is 1. The zero-order chi connectivity index (χ0) is 22.4. The van der Waals surface area contributed by atoms with Crippen LogP contribution in [0.2, 0.25) is 0 Å². The molecule has 0 amide bonds. The van der Waals surface area contributed by atoms with Crippen LogP contribution >= 0.6 is 0 Å². The Morgan fingerprint density at radius 3 is 2.61 bits per heavy atom. The average Bonchev–Trinajstić information content (AvgIpc) is 3.27. The molecule has 2 aliphatic rings. The average molecular weight is 430 g/mol. The van der Waals surface area contributed by atoms with Crippen LogP contribution in [0.4, 0.5) is 24.7 Å². The Balaban J connectivity index is 0.000000180. The number of halogens is 3. The first-order chi connectivity index (χ1) is 14.8. The molecule has 0 saturated heterocycles. The van der Waals surface area contributed by atoms with Gasteiger partial charge in [0.05, 0.1) is 29.2 Å². The van der Waals surface area contributed by atoms with Crippen molar-refractivity contribution in [3.63, 3.8) is 0 Å². The van der Waals surface area contributed by atoms with Crippen LogP contribution in [0.15, 0.2) is 41.2 Å². The summed E-state index contributed by atoms with van der Waals surface area (Å²) in [7, 11) is 1.52. The molecule has 1 aliphatic heterocycles. The predicted octanol–water partition coefficient (Wildman–Crippen LogP) is 5.10. The molecule has 0 spiro atoms. The standard InChI is InChI=1S/C13H18N4.C9H7F3N2/c14-11(9-4-2-1-3-5-9)12-10-6-7-15-13(10)17-8-16-12;1-14-7-3-2-6(5-13)8(4-7)9(10,11)12/h6-9,15H,1-5,14H2,(H,16,17);2-4,14H,1H3/b12-11-;. The molecule has 9 heteroatoms. The summed E-state index contributed by atoms with van der Waals surface area (Å²) in [6.07, 6.45) is 5.51. The van der Waals surface area contributed by atoms with Gasteiger partial charge in [0, 0.05) is 36.1 Å². The summed E-state index contributed by atoms with van der Waals surface area (Å²) in [5, 5.41) is 14.3. The number of rotatable bonds is 2. The molecule has 2 aromatic rings. The molecular formula is C22H25F3N6. The highest BCUT2D eigenvalue weighted by atomic mass is 19.4. The smallest absolute Gasteiger partial charge is 0.400 e. The number of aromatic amines is 1. The number of nitriles is 1. The van der Waals surface area contributed by atoms with Crippen molar-refractivity contribution in [2.24, 2.45) is 16.6 Å². The van der Waals surface area contributed by atoms with Crippen LogP contribution in [0, 0.1) is 17.2 Å². The fourth-order valence-electron chi connectivity index (χ4n) is 3.80. The number of aromatic nitrogens is 1. The van der Waals surface area contributed by atoms with Gasteiger partial charge < -0.3 is 21.4 Å². The fourth-order valence-corrected chi connectivity index (χ4v) is 3.80. The summed E-state index contributed by atoms with van der Waals surface area (Å²) in [5.74, 6) is 1.43. The molecule has 0 radical (unpaired) electrons. The van der Waals surface area contributed by atoms with Crippen molar-refractivity contribution in [3.8, 4) is 6.07 Å². The maximum atomic E-state index is 12.4. The topological polar surface area (TPSA) is 102 Å². The van der Waals surface area contributed by atoms with Crippen LogP contribution < -0.4 is 16.4 Å². The molecule has 1 saturated carbocycles. The van der Waals surface area contributed by atoms with E-state index in [1.54, 1.807) is 6.34 Å². The van der Waals surface area contributed by atoms with Crippen molar-refractivity contribution in [2.75, 3.05) is 12.4 Å². The van der Waals surface area contributed by atoms with Gasteiger partial charge in [-0.15, -0.1) is 0 Å². The Bertz CT molecular complexity index is 1010. The highest BCUT2D eigenvalue weighted by molar-refractivity contribution is 5.87. The molecule has 0 bridgehead atoms. The van der Waals surface area contributed by atoms with Gasteiger partial charge in [-0.1, -0.05) is 19.3 Å². The van der Waals surface area contributed by atoms with E-state index in [1.165, 1.54) is 51.3 Å². The number of hydrogen-bond acceptors (Lipinski definition) is 5. The van der Waals surface area contributed by atoms with E-state index in [9.17, 15) is 13.2 Å². The lowest BCUT2D eigenvalue weighted by Crippen LogP contribution is -2.24. The summed E-state index contributed by atoms with van der Waals surface area (Å²) in [6, 6.07) is 7.02. The number of anilines is 1. The van der Waals surface area contributed by atoms with Crippen LogP contribution in [-0.2, 0) is 6.18 Å². The second kappa shape index (κ2) is 9.60. The largest absolute Gasteiger partial charge is 0.417 e. The van der Waals surface area contributed by atoms with Crippen LogP contribution in [0.1, 0.15) is 48.8 Å². The third-order valence-electron chi connectivity index (χ3n) is 5.46. The summed E-state index contributed by atoms with van der Waals surface area (Å²) < 4.78 is 37.1. The Kier molecular flexibility index (Phi) is 6.90. The minimum absolute atomic E-state index is 0.330. The molecule has 0 atom stereocenters. The lowest BCUT2D eigenvalue weighted by Gasteiger charge is -2.25. The number of nitrogens with one attached hydrogen (secondary N) is 3. The molecule has 0 unspecified atom stereocenters. The summed E-state index contributed by atoms with van der Waals surface area (Å²) in [4.78, 5) is 7.37. The first kappa shape index (κ1) is 22.3. The van der Waals surface area contributed by atoms with Gasteiger partial charge in [0.2, 0.25) is 0 Å². The number of hydrogen-bond donors (Lipinski definition) is 4. The molecule has 164 valence electrons. The van der Waals surface area contributed by atoms with Gasteiger partial charge in [-0.25, -0.2) is 4.99 Å². The van der Waals surface area contributed by atoms with Crippen molar-refractivity contribution in [2.45, 2.75) is 38.3 Å². The molecule has 5 N–H and O–H groups in total. The minimum Gasteiger partial charge on any atom is -0.400 e. The normalized spacial score (nSPS) is 17.5. The van der Waals surface area contributed by atoms with E-state index in [1.807, 2.05) is 12.3 Å². The predicted molar refractivity (Wildman–Crippen MR) is 115 cm³/mol. The van der Waals surface area contributed by atoms with Gasteiger partial charge in [0.25, 0.3) is 0 Å². The number of nitrogens with zero attached hydrogens (tertiary/aromatic N) is 2. The molecule has 1 aliphatic carbocycles. The Hall–Kier alpha value is -3.41. The summed E-state index contributed by atoms with van der Waals surface area (Å²) in [6.45, 7) is 0. The molecule has 31 heavy (non-hydrogen) atoms. The minimum atomic E-state index is -4.49. The second-order valence-corrected chi connectivity index (χ2v) is 7.43. The van der Waals surface area contributed by atoms with E-state index >= 15 is 0 Å². The maximum Gasteiger partial charge on any atom is 0.417 e. The van der Waals surface area contributed by atoms with E-state index in [0.29, 0.717) is 11.6 Å². The Morgan fingerprint density at radius 2 is 1.97 bits per heavy atom. The van der Waals surface area contributed by atoms with E-state index < -0.39 is 11.7 Å². The monoisotopic (exact) mass is 430 g/mol. The zero-order valence-corrected chi connectivity index (χ0v) is 17.2. The molecular weight excluding hydrogens is 405 g/mol. The summed E-state index contributed by atoms with van der Waals surface area (Å²) in [5.41, 5.74) is 8.53. The highest BCUT2D eigenvalue weighted by Gasteiger charge is 2.33. The zero-order valence-electron chi connectivity index (χ0n) is 17.2. The molecule has 1 fully saturated rings. The van der Waals surface area contributed by atoms with E-state index in [2.05, 4.69) is 20.6 Å². The number of fused-ring (bicyclic) bond motifs is 1. The van der Waals surface area contributed by atoms with E-state index in [0.717, 1.165) is 34.9 Å². The van der Waals surface area contributed by atoms with E-state index in [-0.39, 0.29) is 5.56 Å². The molecule has 4 rings (SSSR count). The van der Waals surface area contributed by atoms with Crippen molar-refractivity contribution in [3.05, 3.63) is 52.8 Å². The quantitative estimate of drug-likeness (QED) is 0.532. The number of nitrogens with two attached hydrogens (primary N) is 1.